The largest absolute Gasteiger partial charge is 0.477 e. The number of oxime groups is 1. The van der Waals surface area contributed by atoms with Crippen LogP contribution in [0.15, 0.2) is 10.9 Å². The van der Waals surface area contributed by atoms with Gasteiger partial charge in [-0.1, -0.05) is 28.7 Å². The molecule has 0 bridgehead atoms. The van der Waals surface area contributed by atoms with Crippen LogP contribution in [-0.2, 0) is 19.2 Å². The van der Waals surface area contributed by atoms with E-state index in [2.05, 4.69) is 30.0 Å². The lowest BCUT2D eigenvalue weighted by Gasteiger charge is -2.55. The summed E-state index contributed by atoms with van der Waals surface area (Å²) in [7, 11) is 0. The van der Waals surface area contributed by atoms with Crippen molar-refractivity contribution in [2.45, 2.75) is 24.3 Å². The molecule has 2 aromatic rings. The predicted molar refractivity (Wildman–Crippen MR) is 137 cm³/mol. The molecule has 6 N–H and O–H groups in total. The fraction of sp³-hybridized carbons (Fsp3) is 0.389. The molecule has 36 heavy (non-hydrogen) atoms. The number of aliphatic carboxylic acids is 1. The molecule has 0 spiro atoms. The Labute approximate surface area is 221 Å². The second-order valence-corrected chi connectivity index (χ2v) is 10.7. The number of nitrogens with one attached hydrogen (secondary N) is 1. The fourth-order valence-electron chi connectivity index (χ4n) is 3.44. The number of nitrogens with zero attached hydrogens (tertiary/aromatic N) is 6. The van der Waals surface area contributed by atoms with Gasteiger partial charge in [-0.25, -0.2) is 4.79 Å². The Balaban J connectivity index is 1.64. The third-order valence-corrected chi connectivity index (χ3v) is 8.23. The summed E-state index contributed by atoms with van der Waals surface area (Å²) in [6, 6.07) is 0. The van der Waals surface area contributed by atoms with E-state index in [0.29, 0.717) is 28.6 Å². The zero-order valence-electron chi connectivity index (χ0n) is 18.5. The number of nitrogens with two attached hydrogens (primary N) is 2. The van der Waals surface area contributed by atoms with E-state index < -0.39 is 28.7 Å². The van der Waals surface area contributed by atoms with Crippen molar-refractivity contribution in [1.29, 1.82) is 0 Å². The highest BCUT2D eigenvalue weighted by atomic mass is 32.2. The Kier molecular flexibility index (Phi) is 7.59. The molecule has 14 nitrogen and oxygen atoms in total. The number of carboxylic acids is 1. The van der Waals surface area contributed by atoms with Crippen molar-refractivity contribution < 1.29 is 24.3 Å². The normalized spacial score (nSPS) is 21.6. The topological polar surface area (TPSA) is 212 Å². The number of carboxylic acid groups (broad SMARTS) is 1. The molecule has 2 aliphatic heterocycles. The monoisotopic (exact) mass is 569 g/mol. The molecular formula is C18H19N9O5S4. The average Bonchev–Trinajstić information content (AvgIpc) is 3.49. The molecule has 2 aromatic heterocycles. The second-order valence-electron chi connectivity index (χ2n) is 7.41. The van der Waals surface area contributed by atoms with Crippen LogP contribution in [0, 0.1) is 6.92 Å². The standard InChI is InChI=1S/C18H19N9O5S4/c1-7-23-24-13(35-7)8-5-34-16-18(6-33,15(31)27(16)10(8)14(29)30)22-12(28)9(25-32-4-2-3-19)11-21-17(20)36-26-11/h6,16H,2-5,19H2,1H3,(H,22,28)(H,29,30)(H2,20,21,26)/t16-,18?/m0/s1. The van der Waals surface area contributed by atoms with E-state index in [-0.39, 0.29) is 34.7 Å². The van der Waals surface area contributed by atoms with E-state index in [1.54, 1.807) is 6.92 Å². The number of aryl methyl sites for hydroxylation is 1. The number of carbonyl (C=O) groups is 3. The third-order valence-electron chi connectivity index (χ3n) is 5.07. The summed E-state index contributed by atoms with van der Waals surface area (Å²) in [5.74, 6) is -2.76. The van der Waals surface area contributed by atoms with Gasteiger partial charge < -0.3 is 26.7 Å². The predicted octanol–water partition coefficient (Wildman–Crippen LogP) is -0.385. The SMILES string of the molecule is Cc1nnc(C2=C(C(=O)O)N3C(=O)C(C=S)(NC(=O)C(=NOCCCN)c4nsc(N)n4)[C@@H]3SC2)s1. The van der Waals surface area contributed by atoms with Gasteiger partial charge in [0.1, 0.15) is 27.7 Å². The molecule has 4 rings (SSSR count). The number of carbonyl (C=O) groups excluding carboxylic acids is 2. The number of anilines is 1. The summed E-state index contributed by atoms with van der Waals surface area (Å²) < 4.78 is 3.99. The van der Waals surface area contributed by atoms with E-state index in [4.69, 9.17) is 28.5 Å². The van der Waals surface area contributed by atoms with Crippen LogP contribution in [-0.4, -0.2) is 88.2 Å². The van der Waals surface area contributed by atoms with Gasteiger partial charge in [-0.2, -0.15) is 9.36 Å². The first-order valence-corrected chi connectivity index (χ1v) is 13.3. The molecule has 190 valence electrons. The maximum atomic E-state index is 13.4. The molecule has 0 aliphatic carbocycles. The number of rotatable bonds is 10. The summed E-state index contributed by atoms with van der Waals surface area (Å²) in [5, 5.41) is 25.7. The number of amides is 2. The first-order valence-electron chi connectivity index (χ1n) is 10.2. The van der Waals surface area contributed by atoms with Crippen LogP contribution in [0.25, 0.3) is 5.57 Å². The Morgan fingerprint density at radius 1 is 1.44 bits per heavy atom. The third kappa shape index (κ3) is 4.57. The van der Waals surface area contributed by atoms with Crippen LogP contribution in [0.5, 0.6) is 0 Å². The molecule has 0 radical (unpaired) electrons. The number of nitrogen functional groups attached to an aromatic ring is 1. The summed E-state index contributed by atoms with van der Waals surface area (Å²) in [6.45, 7) is 2.23. The first kappa shape index (κ1) is 26.0. The molecule has 2 amide bonds. The highest BCUT2D eigenvalue weighted by Gasteiger charge is 2.65. The minimum Gasteiger partial charge on any atom is -0.477 e. The van der Waals surface area contributed by atoms with Gasteiger partial charge >= 0.3 is 5.97 Å². The number of hydrogen-bond donors (Lipinski definition) is 4. The molecule has 0 saturated carbocycles. The Morgan fingerprint density at radius 3 is 2.81 bits per heavy atom. The summed E-state index contributed by atoms with van der Waals surface area (Å²) in [6.07, 6.45) is 0.488. The van der Waals surface area contributed by atoms with Gasteiger partial charge in [0, 0.05) is 28.2 Å². The highest BCUT2D eigenvalue weighted by Crippen LogP contribution is 2.48. The Morgan fingerprint density at radius 2 is 2.22 bits per heavy atom. The highest BCUT2D eigenvalue weighted by molar-refractivity contribution is 8.00. The van der Waals surface area contributed by atoms with Crippen molar-refractivity contribution in [3.05, 3.63) is 21.5 Å². The van der Waals surface area contributed by atoms with Crippen molar-refractivity contribution in [2.75, 3.05) is 24.6 Å². The molecule has 2 aliphatic rings. The smallest absolute Gasteiger partial charge is 0.353 e. The maximum Gasteiger partial charge on any atom is 0.353 e. The van der Waals surface area contributed by atoms with Crippen molar-refractivity contribution in [1.82, 2.24) is 29.8 Å². The number of thiocarbonyl (C=S) groups is 1. The van der Waals surface area contributed by atoms with Gasteiger partial charge in [0.25, 0.3) is 11.8 Å². The van der Waals surface area contributed by atoms with Gasteiger partial charge in [-0.05, 0) is 19.9 Å². The van der Waals surface area contributed by atoms with E-state index in [1.807, 2.05) is 0 Å². The molecule has 0 aromatic carbocycles. The molecule has 1 fully saturated rings. The summed E-state index contributed by atoms with van der Waals surface area (Å²) in [5.41, 5.74) is 9.23. The van der Waals surface area contributed by atoms with Crippen molar-refractivity contribution in [3.8, 4) is 0 Å². The van der Waals surface area contributed by atoms with Gasteiger partial charge in [-0.15, -0.1) is 22.0 Å². The fourth-order valence-corrected chi connectivity index (χ4v) is 6.51. The molecule has 4 heterocycles. The lowest BCUT2D eigenvalue weighted by molar-refractivity contribution is -0.153. The Hall–Kier alpha value is -3.06. The van der Waals surface area contributed by atoms with Crippen LogP contribution in [0.1, 0.15) is 22.3 Å². The first-order chi connectivity index (χ1) is 17.2. The maximum absolute atomic E-state index is 13.4. The molecule has 18 heteroatoms. The van der Waals surface area contributed by atoms with E-state index in [1.165, 1.54) is 23.1 Å². The lowest BCUT2D eigenvalue weighted by atomic mass is 9.87. The summed E-state index contributed by atoms with van der Waals surface area (Å²) in [4.78, 5) is 49.0. The van der Waals surface area contributed by atoms with Gasteiger partial charge in [0.15, 0.2) is 10.7 Å². The zero-order valence-corrected chi connectivity index (χ0v) is 21.8. The molecule has 1 unspecified atom stereocenters. The van der Waals surface area contributed by atoms with E-state index in [0.717, 1.165) is 21.8 Å². The van der Waals surface area contributed by atoms with Crippen LogP contribution in [0.4, 0.5) is 5.13 Å². The van der Waals surface area contributed by atoms with Gasteiger partial charge in [0.2, 0.25) is 11.5 Å². The minimum absolute atomic E-state index is 0.0951. The number of thioether (sulfide) groups is 1. The number of β-lactam (4-membered cyclic amide) rings is 1. The van der Waals surface area contributed by atoms with Gasteiger partial charge in [-0.3, -0.25) is 14.5 Å². The molecular weight excluding hydrogens is 551 g/mol. The van der Waals surface area contributed by atoms with Crippen LogP contribution >= 0.6 is 46.8 Å². The lowest BCUT2D eigenvalue weighted by Crippen LogP contribution is -2.80. The quantitative estimate of drug-likeness (QED) is 0.0945. The van der Waals surface area contributed by atoms with Crippen LogP contribution in [0.3, 0.4) is 0 Å². The van der Waals surface area contributed by atoms with Crippen LogP contribution in [0.2, 0.25) is 0 Å². The molecule has 1 saturated heterocycles. The molecule has 2 atom stereocenters. The number of fused-ring (bicyclic) bond motifs is 1. The van der Waals surface area contributed by atoms with Gasteiger partial charge in [0.05, 0.1) is 0 Å². The number of hydrogen-bond acceptors (Lipinski definition) is 15. The number of aromatic nitrogens is 4. The zero-order chi connectivity index (χ0) is 26.0. The van der Waals surface area contributed by atoms with Crippen LogP contribution < -0.4 is 16.8 Å². The van der Waals surface area contributed by atoms with E-state index in [9.17, 15) is 19.5 Å². The van der Waals surface area contributed by atoms with Crippen molar-refractivity contribution in [3.63, 3.8) is 0 Å². The summed E-state index contributed by atoms with van der Waals surface area (Å²) >= 11 is 8.45. The Bertz CT molecular complexity index is 1290. The van der Waals surface area contributed by atoms with E-state index >= 15 is 0 Å². The average molecular weight is 570 g/mol. The van der Waals surface area contributed by atoms with Crippen molar-refractivity contribution >= 4 is 86.4 Å². The second kappa shape index (κ2) is 10.5. The van der Waals surface area contributed by atoms with Crippen molar-refractivity contribution in [2.24, 2.45) is 10.9 Å². The minimum atomic E-state index is -1.68.